The van der Waals surface area contributed by atoms with Crippen molar-refractivity contribution in [1.82, 2.24) is 15.6 Å². The Morgan fingerprint density at radius 2 is 1.94 bits per heavy atom. The summed E-state index contributed by atoms with van der Waals surface area (Å²) in [6.45, 7) is 0. The number of ether oxygens (including phenoxy) is 1. The van der Waals surface area contributed by atoms with Crippen molar-refractivity contribution >= 4 is 40.1 Å². The van der Waals surface area contributed by atoms with Crippen LogP contribution in [0.1, 0.15) is 21.8 Å². The third kappa shape index (κ3) is 5.92. The standard InChI is InChI=1S/C24H17BrN4O4/c25-18-8-10-22(33-23(30)11-9-19-7-4-12-32-19)17(13-18)15-26-29-24(31)21-14-20(27-28-21)16-5-2-1-3-6-16/h1-15H,(H,27,28)(H,29,31). The van der Waals surface area contributed by atoms with Crippen molar-refractivity contribution in [3.8, 4) is 17.0 Å². The Hall–Kier alpha value is -4.24. The average Bonchev–Trinajstić information content (AvgIpc) is 3.52. The number of rotatable bonds is 7. The van der Waals surface area contributed by atoms with Crippen LogP contribution < -0.4 is 10.2 Å². The van der Waals surface area contributed by atoms with E-state index in [1.807, 2.05) is 30.3 Å². The Labute approximate surface area is 197 Å². The third-order valence-corrected chi connectivity index (χ3v) is 4.86. The van der Waals surface area contributed by atoms with Crippen LogP contribution in [0.5, 0.6) is 5.75 Å². The first kappa shape index (κ1) is 22.0. The minimum Gasteiger partial charge on any atom is -0.465 e. The maximum Gasteiger partial charge on any atom is 0.336 e. The molecule has 9 heteroatoms. The normalized spacial score (nSPS) is 11.2. The number of amides is 1. The molecule has 4 rings (SSSR count). The summed E-state index contributed by atoms with van der Waals surface area (Å²) in [5, 5.41) is 10.8. The maximum absolute atomic E-state index is 12.4. The average molecular weight is 505 g/mol. The quantitative estimate of drug-likeness (QED) is 0.123. The molecule has 33 heavy (non-hydrogen) atoms. The molecule has 2 heterocycles. The molecule has 164 valence electrons. The first-order valence-corrected chi connectivity index (χ1v) is 10.5. The molecule has 0 fully saturated rings. The molecule has 4 aromatic rings. The molecule has 0 saturated carbocycles. The highest BCUT2D eigenvalue weighted by atomic mass is 79.9. The molecule has 2 aromatic carbocycles. The maximum atomic E-state index is 12.4. The van der Waals surface area contributed by atoms with Gasteiger partial charge in [0.2, 0.25) is 0 Å². The lowest BCUT2D eigenvalue weighted by atomic mass is 10.1. The van der Waals surface area contributed by atoms with Gasteiger partial charge in [0, 0.05) is 21.7 Å². The number of nitrogens with one attached hydrogen (secondary N) is 2. The lowest BCUT2D eigenvalue weighted by Gasteiger charge is -2.06. The Morgan fingerprint density at radius 1 is 1.09 bits per heavy atom. The largest absolute Gasteiger partial charge is 0.465 e. The van der Waals surface area contributed by atoms with Crippen LogP contribution >= 0.6 is 15.9 Å². The molecule has 8 nitrogen and oxygen atoms in total. The first-order valence-electron chi connectivity index (χ1n) is 9.76. The van der Waals surface area contributed by atoms with E-state index in [4.69, 9.17) is 9.15 Å². The number of hydrogen-bond acceptors (Lipinski definition) is 6. The molecule has 0 radical (unpaired) electrons. The summed E-state index contributed by atoms with van der Waals surface area (Å²) >= 11 is 3.37. The smallest absolute Gasteiger partial charge is 0.336 e. The molecule has 0 aliphatic rings. The minimum absolute atomic E-state index is 0.259. The summed E-state index contributed by atoms with van der Waals surface area (Å²) < 4.78 is 11.3. The van der Waals surface area contributed by atoms with Crippen molar-refractivity contribution in [2.45, 2.75) is 0 Å². The van der Waals surface area contributed by atoms with Crippen LogP contribution in [-0.2, 0) is 4.79 Å². The molecule has 0 saturated heterocycles. The minimum atomic E-state index is -0.585. The van der Waals surface area contributed by atoms with Crippen molar-refractivity contribution < 1.29 is 18.7 Å². The number of halogens is 1. The van der Waals surface area contributed by atoms with Crippen molar-refractivity contribution in [3.63, 3.8) is 0 Å². The lowest BCUT2D eigenvalue weighted by Crippen LogP contribution is -2.18. The van der Waals surface area contributed by atoms with Gasteiger partial charge in [-0.05, 0) is 42.5 Å². The number of aromatic amines is 1. The molecule has 0 unspecified atom stereocenters. The molecule has 2 N–H and O–H groups in total. The zero-order valence-electron chi connectivity index (χ0n) is 17.1. The zero-order chi connectivity index (χ0) is 23.0. The first-order chi connectivity index (χ1) is 16.1. The second-order valence-electron chi connectivity index (χ2n) is 6.68. The number of benzene rings is 2. The summed E-state index contributed by atoms with van der Waals surface area (Å²) in [5.74, 6) is -0.242. The van der Waals surface area contributed by atoms with Gasteiger partial charge >= 0.3 is 5.97 Å². The van der Waals surface area contributed by atoms with Crippen LogP contribution in [0.3, 0.4) is 0 Å². The van der Waals surface area contributed by atoms with Crippen LogP contribution in [0.15, 0.2) is 93.1 Å². The predicted molar refractivity (Wildman–Crippen MR) is 127 cm³/mol. The van der Waals surface area contributed by atoms with E-state index in [1.165, 1.54) is 24.6 Å². The molecule has 0 aliphatic carbocycles. The van der Waals surface area contributed by atoms with Gasteiger partial charge in [-0.25, -0.2) is 10.2 Å². The Morgan fingerprint density at radius 3 is 2.73 bits per heavy atom. The Kier molecular flexibility index (Phi) is 6.91. The van der Waals surface area contributed by atoms with Gasteiger partial charge in [0.05, 0.1) is 18.2 Å². The van der Waals surface area contributed by atoms with Crippen molar-refractivity contribution in [2.75, 3.05) is 0 Å². The number of carbonyl (C=O) groups is 2. The van der Waals surface area contributed by atoms with Crippen molar-refractivity contribution in [2.24, 2.45) is 5.10 Å². The number of furan rings is 1. The number of H-pyrrole nitrogens is 1. The summed E-state index contributed by atoms with van der Waals surface area (Å²) in [7, 11) is 0. The van der Waals surface area contributed by atoms with E-state index < -0.39 is 11.9 Å². The molecule has 0 bridgehead atoms. The second kappa shape index (κ2) is 10.4. The van der Waals surface area contributed by atoms with Gasteiger partial charge in [-0.1, -0.05) is 46.3 Å². The molecule has 0 atom stereocenters. The third-order valence-electron chi connectivity index (χ3n) is 4.37. The highest BCUT2D eigenvalue weighted by Crippen LogP contribution is 2.22. The van der Waals surface area contributed by atoms with E-state index in [1.54, 1.807) is 36.4 Å². The number of nitrogens with zero attached hydrogens (tertiary/aromatic N) is 2. The fourth-order valence-electron chi connectivity index (χ4n) is 2.81. The summed E-state index contributed by atoms with van der Waals surface area (Å²) in [4.78, 5) is 24.5. The fraction of sp³-hybridized carbons (Fsp3) is 0. The van der Waals surface area contributed by atoms with Gasteiger partial charge in [-0.15, -0.1) is 0 Å². The highest BCUT2D eigenvalue weighted by Gasteiger charge is 2.11. The van der Waals surface area contributed by atoms with Crippen LogP contribution in [0.2, 0.25) is 0 Å². The number of hydrogen-bond donors (Lipinski definition) is 2. The van der Waals surface area contributed by atoms with Crippen molar-refractivity contribution in [1.29, 1.82) is 0 Å². The number of aromatic nitrogens is 2. The van der Waals surface area contributed by atoms with E-state index >= 15 is 0 Å². The molecule has 0 aliphatic heterocycles. The highest BCUT2D eigenvalue weighted by molar-refractivity contribution is 9.10. The number of hydrazone groups is 1. The summed E-state index contributed by atoms with van der Waals surface area (Å²) in [6, 6.07) is 19.6. The molecular formula is C24H17BrN4O4. The summed E-state index contributed by atoms with van der Waals surface area (Å²) in [6.07, 6.45) is 5.65. The van der Waals surface area contributed by atoms with E-state index in [0.29, 0.717) is 17.0 Å². The molecule has 2 aromatic heterocycles. The fourth-order valence-corrected chi connectivity index (χ4v) is 3.19. The van der Waals surface area contributed by atoms with Crippen LogP contribution in [0, 0.1) is 0 Å². The van der Waals surface area contributed by atoms with E-state index in [9.17, 15) is 9.59 Å². The van der Waals surface area contributed by atoms with Crippen molar-refractivity contribution in [3.05, 3.63) is 101 Å². The van der Waals surface area contributed by atoms with Gasteiger partial charge in [0.1, 0.15) is 17.2 Å². The van der Waals surface area contributed by atoms with Gasteiger partial charge < -0.3 is 9.15 Å². The second-order valence-corrected chi connectivity index (χ2v) is 7.60. The lowest BCUT2D eigenvalue weighted by molar-refractivity contribution is -0.128. The molecular weight excluding hydrogens is 488 g/mol. The van der Waals surface area contributed by atoms with Gasteiger partial charge in [0.15, 0.2) is 0 Å². The van der Waals surface area contributed by atoms with Crippen LogP contribution in [0.25, 0.3) is 17.3 Å². The van der Waals surface area contributed by atoms with E-state index in [-0.39, 0.29) is 11.4 Å². The summed E-state index contributed by atoms with van der Waals surface area (Å²) in [5.41, 5.74) is 4.71. The zero-order valence-corrected chi connectivity index (χ0v) is 18.7. The SMILES string of the molecule is O=C(C=Cc1ccco1)Oc1ccc(Br)cc1C=NNC(=O)c1cc(-c2ccccc2)n[nH]1. The monoisotopic (exact) mass is 504 g/mol. The van der Waals surface area contributed by atoms with E-state index in [2.05, 4.69) is 36.7 Å². The topological polar surface area (TPSA) is 110 Å². The van der Waals surface area contributed by atoms with E-state index in [0.717, 1.165) is 10.0 Å². The number of carbonyl (C=O) groups excluding carboxylic acids is 2. The Bertz CT molecular complexity index is 1310. The number of esters is 1. The van der Waals surface area contributed by atoms with Crippen LogP contribution in [0.4, 0.5) is 0 Å². The van der Waals surface area contributed by atoms with Gasteiger partial charge in [-0.2, -0.15) is 10.2 Å². The van der Waals surface area contributed by atoms with Crippen LogP contribution in [-0.4, -0.2) is 28.3 Å². The molecule has 0 spiro atoms. The van der Waals surface area contributed by atoms with Gasteiger partial charge in [0.25, 0.3) is 5.91 Å². The van der Waals surface area contributed by atoms with Gasteiger partial charge in [-0.3, -0.25) is 9.89 Å². The Balaban J connectivity index is 1.41. The molecule has 1 amide bonds. The predicted octanol–water partition coefficient (Wildman–Crippen LogP) is 4.81.